The molecule has 2 rings (SSSR count). The van der Waals surface area contributed by atoms with Gasteiger partial charge in [0.15, 0.2) is 6.61 Å². The van der Waals surface area contributed by atoms with Crippen molar-refractivity contribution < 1.29 is 19.1 Å². The van der Waals surface area contributed by atoms with Crippen molar-refractivity contribution in [1.82, 2.24) is 5.32 Å². The third-order valence-corrected chi connectivity index (χ3v) is 4.23. The summed E-state index contributed by atoms with van der Waals surface area (Å²) in [6, 6.07) is 16.5. The molecule has 0 radical (unpaired) electrons. The van der Waals surface area contributed by atoms with E-state index in [-0.39, 0.29) is 30.9 Å². The summed E-state index contributed by atoms with van der Waals surface area (Å²) >= 11 is 0. The highest BCUT2D eigenvalue weighted by molar-refractivity contribution is 5.88. The maximum atomic E-state index is 12.3. The first-order chi connectivity index (χ1) is 13.8. The van der Waals surface area contributed by atoms with Crippen LogP contribution in [0.3, 0.4) is 0 Å². The van der Waals surface area contributed by atoms with E-state index in [2.05, 4.69) is 24.5 Å². The van der Waals surface area contributed by atoms with Crippen molar-refractivity contribution in [2.75, 3.05) is 11.9 Å². The van der Waals surface area contributed by atoms with E-state index < -0.39 is 5.97 Å². The Morgan fingerprint density at radius 3 is 2.21 bits per heavy atom. The third-order valence-electron chi connectivity index (χ3n) is 4.23. The van der Waals surface area contributed by atoms with Crippen LogP contribution in [-0.2, 0) is 25.5 Å². The van der Waals surface area contributed by atoms with Crippen LogP contribution in [0.25, 0.3) is 0 Å². The zero-order valence-electron chi connectivity index (χ0n) is 17.1. The zero-order valence-corrected chi connectivity index (χ0v) is 17.1. The molecular weight excluding hydrogens is 368 g/mol. The van der Waals surface area contributed by atoms with Gasteiger partial charge in [0, 0.05) is 12.6 Å². The van der Waals surface area contributed by atoms with Crippen LogP contribution >= 0.6 is 0 Å². The fourth-order valence-corrected chi connectivity index (χ4v) is 2.94. The number of carbonyl (C=O) groups excluding carboxylic acids is 3. The molecule has 0 saturated heterocycles. The van der Waals surface area contributed by atoms with Crippen LogP contribution in [0.15, 0.2) is 54.6 Å². The Balaban J connectivity index is 1.83. The van der Waals surface area contributed by atoms with Gasteiger partial charge in [-0.1, -0.05) is 56.3 Å². The number of benzene rings is 2. The highest BCUT2D eigenvalue weighted by Crippen LogP contribution is 2.21. The molecule has 2 amide bonds. The van der Waals surface area contributed by atoms with E-state index in [1.807, 2.05) is 30.3 Å². The Morgan fingerprint density at radius 2 is 1.62 bits per heavy atom. The van der Waals surface area contributed by atoms with Crippen LogP contribution in [0.1, 0.15) is 44.4 Å². The molecule has 6 nitrogen and oxygen atoms in total. The summed E-state index contributed by atoms with van der Waals surface area (Å²) in [6.07, 6.45) is 0.853. The maximum Gasteiger partial charge on any atom is 0.310 e. The standard InChI is InChI=1S/C23H28N2O4/c1-16(2)13-21(19-7-5-4-6-8-19)25-22(27)15-29-23(28)14-18-9-11-20(12-10-18)24-17(3)26/h4-12,16,21H,13-15H2,1-3H3,(H,24,26)(H,25,27)/t21-/m0/s1. The predicted octanol–water partition coefficient (Wildman–Crippen LogP) is 3.63. The second-order valence-electron chi connectivity index (χ2n) is 7.38. The average molecular weight is 396 g/mol. The Bertz CT molecular complexity index is 817. The van der Waals surface area contributed by atoms with Crippen LogP contribution in [0.5, 0.6) is 0 Å². The van der Waals surface area contributed by atoms with Gasteiger partial charge in [-0.25, -0.2) is 0 Å². The lowest BCUT2D eigenvalue weighted by Gasteiger charge is -2.21. The number of hydrogen-bond donors (Lipinski definition) is 2. The fraction of sp³-hybridized carbons (Fsp3) is 0.348. The van der Waals surface area contributed by atoms with Crippen LogP contribution < -0.4 is 10.6 Å². The molecule has 0 unspecified atom stereocenters. The van der Waals surface area contributed by atoms with Crippen LogP contribution in [-0.4, -0.2) is 24.4 Å². The summed E-state index contributed by atoms with van der Waals surface area (Å²) < 4.78 is 5.12. The molecule has 0 heterocycles. The monoisotopic (exact) mass is 396 g/mol. The third kappa shape index (κ3) is 8.17. The summed E-state index contributed by atoms with van der Waals surface area (Å²) in [5, 5.41) is 5.62. The van der Waals surface area contributed by atoms with Crippen molar-refractivity contribution in [3.8, 4) is 0 Å². The Labute approximate surface area is 171 Å². The molecule has 29 heavy (non-hydrogen) atoms. The van der Waals surface area contributed by atoms with Gasteiger partial charge in [-0.3, -0.25) is 14.4 Å². The van der Waals surface area contributed by atoms with E-state index in [9.17, 15) is 14.4 Å². The van der Waals surface area contributed by atoms with Crippen molar-refractivity contribution in [3.05, 3.63) is 65.7 Å². The van der Waals surface area contributed by atoms with Crippen molar-refractivity contribution in [2.24, 2.45) is 5.92 Å². The van der Waals surface area contributed by atoms with E-state index in [1.165, 1.54) is 6.92 Å². The molecule has 0 aromatic heterocycles. The molecule has 2 aromatic carbocycles. The number of amides is 2. The second kappa shape index (κ2) is 11.0. The lowest BCUT2D eigenvalue weighted by atomic mass is 9.97. The molecule has 1 atom stereocenters. The van der Waals surface area contributed by atoms with Gasteiger partial charge in [0.2, 0.25) is 5.91 Å². The molecule has 0 saturated carbocycles. The SMILES string of the molecule is CC(=O)Nc1ccc(CC(=O)OCC(=O)N[C@@H](CC(C)C)c2ccccc2)cc1. The molecule has 2 N–H and O–H groups in total. The number of anilines is 1. The van der Waals surface area contributed by atoms with Crippen LogP contribution in [0, 0.1) is 5.92 Å². The number of rotatable bonds is 9. The van der Waals surface area contributed by atoms with Crippen molar-refractivity contribution in [2.45, 2.75) is 39.7 Å². The van der Waals surface area contributed by atoms with Gasteiger partial charge < -0.3 is 15.4 Å². The fourth-order valence-electron chi connectivity index (χ4n) is 2.94. The predicted molar refractivity (Wildman–Crippen MR) is 112 cm³/mol. The summed E-state index contributed by atoms with van der Waals surface area (Å²) in [5.74, 6) is -0.556. The first-order valence-corrected chi connectivity index (χ1v) is 9.70. The molecule has 0 spiro atoms. The van der Waals surface area contributed by atoms with Crippen molar-refractivity contribution in [1.29, 1.82) is 0 Å². The Hall–Kier alpha value is -3.15. The summed E-state index contributed by atoms with van der Waals surface area (Å²) in [6.45, 7) is 5.31. The number of nitrogens with one attached hydrogen (secondary N) is 2. The van der Waals surface area contributed by atoms with Gasteiger partial charge >= 0.3 is 5.97 Å². The number of hydrogen-bond acceptors (Lipinski definition) is 4. The molecule has 0 aliphatic heterocycles. The molecule has 6 heteroatoms. The molecule has 0 aliphatic carbocycles. The molecule has 2 aromatic rings. The average Bonchev–Trinajstić information content (AvgIpc) is 2.67. The van der Waals surface area contributed by atoms with Gasteiger partial charge in [0.25, 0.3) is 5.91 Å². The van der Waals surface area contributed by atoms with Crippen molar-refractivity contribution >= 4 is 23.5 Å². The molecule has 0 aliphatic rings. The Kier molecular flexibility index (Phi) is 8.40. The first kappa shape index (κ1) is 22.1. The minimum absolute atomic E-state index is 0.0573. The summed E-state index contributed by atoms with van der Waals surface area (Å²) in [5.41, 5.74) is 2.43. The smallest absolute Gasteiger partial charge is 0.310 e. The lowest BCUT2D eigenvalue weighted by molar-refractivity contribution is -0.148. The largest absolute Gasteiger partial charge is 0.455 e. The minimum atomic E-state index is -0.479. The van der Waals surface area contributed by atoms with Gasteiger partial charge in [0.05, 0.1) is 12.5 Å². The molecular formula is C23H28N2O4. The summed E-state index contributed by atoms with van der Waals surface area (Å²) in [7, 11) is 0. The lowest BCUT2D eigenvalue weighted by Crippen LogP contribution is -2.33. The quantitative estimate of drug-likeness (QED) is 0.634. The molecule has 0 fully saturated rings. The maximum absolute atomic E-state index is 12.3. The van der Waals surface area contributed by atoms with Gasteiger partial charge in [-0.05, 0) is 35.6 Å². The van der Waals surface area contributed by atoms with E-state index >= 15 is 0 Å². The van der Waals surface area contributed by atoms with Crippen LogP contribution in [0.2, 0.25) is 0 Å². The second-order valence-corrected chi connectivity index (χ2v) is 7.38. The molecule has 154 valence electrons. The highest BCUT2D eigenvalue weighted by Gasteiger charge is 2.17. The van der Waals surface area contributed by atoms with E-state index in [4.69, 9.17) is 4.74 Å². The minimum Gasteiger partial charge on any atom is -0.455 e. The Morgan fingerprint density at radius 1 is 0.966 bits per heavy atom. The normalized spacial score (nSPS) is 11.6. The van der Waals surface area contributed by atoms with Gasteiger partial charge in [-0.2, -0.15) is 0 Å². The number of carbonyl (C=O) groups is 3. The van der Waals surface area contributed by atoms with E-state index in [1.54, 1.807) is 24.3 Å². The van der Waals surface area contributed by atoms with Gasteiger partial charge in [0.1, 0.15) is 0 Å². The van der Waals surface area contributed by atoms with Crippen molar-refractivity contribution in [3.63, 3.8) is 0 Å². The van der Waals surface area contributed by atoms with E-state index in [0.29, 0.717) is 11.6 Å². The van der Waals surface area contributed by atoms with Crippen LogP contribution in [0.4, 0.5) is 5.69 Å². The molecule has 0 bridgehead atoms. The number of ether oxygens (including phenoxy) is 1. The van der Waals surface area contributed by atoms with E-state index in [0.717, 1.165) is 17.5 Å². The first-order valence-electron chi connectivity index (χ1n) is 9.70. The summed E-state index contributed by atoms with van der Waals surface area (Å²) in [4.78, 5) is 35.4. The van der Waals surface area contributed by atoms with Gasteiger partial charge in [-0.15, -0.1) is 0 Å². The topological polar surface area (TPSA) is 84.5 Å². The highest BCUT2D eigenvalue weighted by atomic mass is 16.5. The zero-order chi connectivity index (χ0) is 21.2. The number of esters is 1.